The van der Waals surface area contributed by atoms with E-state index in [1.807, 2.05) is 20.8 Å². The van der Waals surface area contributed by atoms with E-state index in [9.17, 15) is 38.4 Å². The van der Waals surface area contributed by atoms with Crippen LogP contribution < -0.4 is 10.6 Å². The summed E-state index contributed by atoms with van der Waals surface area (Å²) >= 11 is 0. The minimum Gasteiger partial charge on any atom is -0.458 e. The van der Waals surface area contributed by atoms with Gasteiger partial charge in [0, 0.05) is 46.5 Å². The number of alkyl carbamates (subject to hydrolysis) is 2. The third-order valence-electron chi connectivity index (χ3n) is 8.03. The SMILES string of the molecule is C=C(C)C(=O)OCC(COC(=O)C(=C)C)(COC(=O)C(=C)C)OC(=O)NCCC(C)CC(C)(C)CNC(=O)OC(COC(=O)C(=C)C)(COC(=O)C(=C)C)COC(=O)C(=C)C. The van der Waals surface area contributed by atoms with Gasteiger partial charge in [0.25, 0.3) is 0 Å². The van der Waals surface area contributed by atoms with Crippen molar-refractivity contribution in [2.24, 2.45) is 11.3 Å². The Morgan fingerprint density at radius 1 is 0.459 bits per heavy atom. The van der Waals surface area contributed by atoms with Gasteiger partial charge in [-0.15, -0.1) is 0 Å². The summed E-state index contributed by atoms with van der Waals surface area (Å²) in [7, 11) is 0. The van der Waals surface area contributed by atoms with Crippen LogP contribution in [-0.4, -0.2) is 112 Å². The van der Waals surface area contributed by atoms with Crippen molar-refractivity contribution in [3.63, 3.8) is 0 Å². The number of carbonyl (C=O) groups excluding carboxylic acids is 8. The largest absolute Gasteiger partial charge is 0.458 e. The van der Waals surface area contributed by atoms with E-state index in [1.165, 1.54) is 41.5 Å². The van der Waals surface area contributed by atoms with Crippen LogP contribution in [0.4, 0.5) is 9.59 Å². The van der Waals surface area contributed by atoms with Crippen LogP contribution in [0.1, 0.15) is 75.2 Å². The number of esters is 6. The van der Waals surface area contributed by atoms with Crippen molar-refractivity contribution in [3.05, 3.63) is 72.9 Å². The molecule has 0 aromatic heterocycles. The second kappa shape index (κ2) is 25.4. The number of nitrogens with one attached hydrogen (secondary N) is 2. The van der Waals surface area contributed by atoms with Crippen LogP contribution in [0, 0.1) is 11.3 Å². The van der Waals surface area contributed by atoms with Crippen molar-refractivity contribution in [3.8, 4) is 0 Å². The number of rotatable bonds is 27. The summed E-state index contributed by atoms with van der Waals surface area (Å²) in [5, 5.41) is 5.24. The van der Waals surface area contributed by atoms with Gasteiger partial charge in [0.2, 0.25) is 11.2 Å². The van der Waals surface area contributed by atoms with Gasteiger partial charge in [0.05, 0.1) is 0 Å². The summed E-state index contributed by atoms with van der Waals surface area (Å²) < 4.78 is 42.7. The number of amides is 2. The zero-order valence-corrected chi connectivity index (χ0v) is 36.9. The molecule has 0 fully saturated rings. The molecular weight excluding hydrogens is 800 g/mol. The molecule has 1 unspecified atom stereocenters. The molecule has 1 atom stereocenters. The van der Waals surface area contributed by atoms with E-state index in [2.05, 4.69) is 50.1 Å². The first-order chi connectivity index (χ1) is 28.1. The fourth-order valence-electron chi connectivity index (χ4n) is 4.66. The van der Waals surface area contributed by atoms with Crippen LogP contribution in [-0.2, 0) is 66.7 Å². The topological polar surface area (TPSA) is 234 Å². The first kappa shape index (κ1) is 54.8. The van der Waals surface area contributed by atoms with Gasteiger partial charge in [-0.25, -0.2) is 38.4 Å². The number of hydrogen-bond donors (Lipinski definition) is 2. The van der Waals surface area contributed by atoms with E-state index in [1.54, 1.807) is 0 Å². The lowest BCUT2D eigenvalue weighted by Crippen LogP contribution is -2.52. The molecule has 61 heavy (non-hydrogen) atoms. The number of ether oxygens (including phenoxy) is 8. The highest BCUT2D eigenvalue weighted by atomic mass is 16.7. The molecule has 0 bridgehead atoms. The summed E-state index contributed by atoms with van der Waals surface area (Å²) in [5.74, 6) is -5.16. The Morgan fingerprint density at radius 3 is 0.951 bits per heavy atom. The Bertz CT molecular complexity index is 1590. The molecular formula is C43H62N2O16. The summed E-state index contributed by atoms with van der Waals surface area (Å²) in [6, 6.07) is 0. The predicted octanol–water partition coefficient (Wildman–Crippen LogP) is 5.07. The maximum Gasteiger partial charge on any atom is 0.408 e. The smallest absolute Gasteiger partial charge is 0.408 e. The Morgan fingerprint density at radius 2 is 0.705 bits per heavy atom. The van der Waals surface area contributed by atoms with Gasteiger partial charge in [-0.1, -0.05) is 60.2 Å². The first-order valence-electron chi connectivity index (χ1n) is 19.0. The van der Waals surface area contributed by atoms with E-state index < -0.39 is 104 Å². The second-order valence-corrected chi connectivity index (χ2v) is 15.8. The number of hydrogen-bond acceptors (Lipinski definition) is 16. The van der Waals surface area contributed by atoms with E-state index in [0.717, 1.165) is 0 Å². The average Bonchev–Trinajstić information content (AvgIpc) is 3.16. The molecule has 0 spiro atoms. The highest BCUT2D eigenvalue weighted by Gasteiger charge is 2.42. The van der Waals surface area contributed by atoms with Crippen molar-refractivity contribution in [1.29, 1.82) is 0 Å². The molecule has 0 heterocycles. The van der Waals surface area contributed by atoms with Crippen molar-refractivity contribution < 1.29 is 76.3 Å². The normalized spacial score (nSPS) is 11.6. The quantitative estimate of drug-likeness (QED) is 0.0623. The molecule has 0 saturated carbocycles. The van der Waals surface area contributed by atoms with Gasteiger partial charge in [-0.05, 0) is 65.7 Å². The summed E-state index contributed by atoms with van der Waals surface area (Å²) in [5.41, 5.74) is -4.41. The Kier molecular flexibility index (Phi) is 22.8. The third kappa shape index (κ3) is 22.1. The van der Waals surface area contributed by atoms with Gasteiger partial charge in [-0.3, -0.25) is 0 Å². The predicted molar refractivity (Wildman–Crippen MR) is 221 cm³/mol. The molecule has 0 radical (unpaired) electrons. The van der Waals surface area contributed by atoms with Gasteiger partial charge in [0.1, 0.15) is 39.6 Å². The van der Waals surface area contributed by atoms with Crippen LogP contribution in [0.3, 0.4) is 0 Å². The molecule has 18 heteroatoms. The highest BCUT2D eigenvalue weighted by Crippen LogP contribution is 2.27. The molecule has 0 aromatic rings. The van der Waals surface area contributed by atoms with E-state index in [0.29, 0.717) is 12.8 Å². The first-order valence-corrected chi connectivity index (χ1v) is 19.0. The van der Waals surface area contributed by atoms with Crippen molar-refractivity contribution >= 4 is 48.0 Å². The lowest BCUT2D eigenvalue weighted by atomic mass is 9.82. The molecule has 0 rings (SSSR count). The molecule has 0 aliphatic carbocycles. The molecule has 2 N–H and O–H groups in total. The zero-order chi connectivity index (χ0) is 47.3. The minimum atomic E-state index is -1.99. The minimum absolute atomic E-state index is 0.0251. The van der Waals surface area contributed by atoms with Crippen LogP contribution in [0.2, 0.25) is 0 Å². The molecule has 340 valence electrons. The lowest BCUT2D eigenvalue weighted by molar-refractivity contribution is -0.172. The maximum absolute atomic E-state index is 13.3. The highest BCUT2D eigenvalue weighted by molar-refractivity contribution is 5.89. The molecule has 0 aliphatic rings. The lowest BCUT2D eigenvalue weighted by Gasteiger charge is -2.33. The van der Waals surface area contributed by atoms with Gasteiger partial charge < -0.3 is 48.5 Å². The second-order valence-electron chi connectivity index (χ2n) is 15.8. The van der Waals surface area contributed by atoms with Crippen molar-refractivity contribution in [1.82, 2.24) is 10.6 Å². The summed E-state index contributed by atoms with van der Waals surface area (Å²) in [6.45, 7) is 31.1. The van der Waals surface area contributed by atoms with Gasteiger partial charge >= 0.3 is 48.0 Å². The van der Waals surface area contributed by atoms with Crippen LogP contribution in [0.25, 0.3) is 0 Å². The third-order valence-corrected chi connectivity index (χ3v) is 8.03. The van der Waals surface area contributed by atoms with Gasteiger partial charge in [-0.2, -0.15) is 0 Å². The molecule has 0 aliphatic heterocycles. The van der Waals surface area contributed by atoms with E-state index >= 15 is 0 Å². The van der Waals surface area contributed by atoms with Crippen molar-refractivity contribution in [2.75, 3.05) is 52.7 Å². The fraction of sp³-hybridized carbons (Fsp3) is 0.535. The Hall–Kier alpha value is -6.20. The summed E-state index contributed by atoms with van der Waals surface area (Å²) in [4.78, 5) is 100. The fourth-order valence-corrected chi connectivity index (χ4v) is 4.66. The Balaban J connectivity index is 5.90. The van der Waals surface area contributed by atoms with Crippen LogP contribution >= 0.6 is 0 Å². The molecule has 0 aromatic carbocycles. The Labute approximate surface area is 357 Å². The van der Waals surface area contributed by atoms with E-state index in [4.69, 9.17) is 37.9 Å². The molecule has 2 amide bonds. The average molecular weight is 863 g/mol. The monoisotopic (exact) mass is 862 g/mol. The summed E-state index contributed by atoms with van der Waals surface area (Å²) in [6.07, 6.45) is -1.14. The number of carbonyl (C=O) groups is 8. The van der Waals surface area contributed by atoms with Crippen LogP contribution in [0.15, 0.2) is 72.9 Å². The van der Waals surface area contributed by atoms with Crippen molar-refractivity contribution in [2.45, 2.75) is 86.4 Å². The standard InChI is InChI=1S/C43H62N2O16/c1-26(2)33(46)54-20-42(21-55-34(47)27(3)4,22-56-35(48)28(5)6)60-39(52)44-17-16-32(13)18-41(14,15)19-45-40(53)61-43(23-57-36(49)29(7)8,24-58-37(50)30(9)10)25-59-38(51)31(11)12/h32H,1,3,5,7,9,11,16-25H2,2,4,6,8,10,12-15H3,(H,44,52)(H,45,53). The molecule has 18 nitrogen and oxygen atoms in total. The zero-order valence-electron chi connectivity index (χ0n) is 36.9. The van der Waals surface area contributed by atoms with Gasteiger partial charge in [0.15, 0.2) is 0 Å². The van der Waals surface area contributed by atoms with E-state index in [-0.39, 0.29) is 52.4 Å². The maximum atomic E-state index is 13.3. The van der Waals surface area contributed by atoms with Crippen LogP contribution in [0.5, 0.6) is 0 Å². The molecule has 0 saturated heterocycles.